The first-order chi connectivity index (χ1) is 8.04. The number of rotatable bonds is 5. The molecule has 3 N–H and O–H groups in total. The van der Waals surface area contributed by atoms with Crippen molar-refractivity contribution in [3.05, 3.63) is 23.9 Å². The zero-order valence-corrected chi connectivity index (χ0v) is 10.6. The Morgan fingerprint density at radius 3 is 2.94 bits per heavy atom. The SMILES string of the molecule is CCOC(=O)C(C)Nc1cccc(C(N)=S)n1. The highest BCUT2D eigenvalue weighted by Crippen LogP contribution is 2.07. The van der Waals surface area contributed by atoms with Gasteiger partial charge in [0.05, 0.1) is 12.3 Å². The minimum Gasteiger partial charge on any atom is -0.464 e. The molecule has 17 heavy (non-hydrogen) atoms. The largest absolute Gasteiger partial charge is 0.464 e. The molecule has 1 heterocycles. The van der Waals surface area contributed by atoms with Crippen LogP contribution in [0.4, 0.5) is 5.82 Å². The third kappa shape index (κ3) is 3.99. The second-order valence-electron chi connectivity index (χ2n) is 3.39. The van der Waals surface area contributed by atoms with E-state index in [9.17, 15) is 4.79 Å². The van der Waals surface area contributed by atoms with E-state index >= 15 is 0 Å². The van der Waals surface area contributed by atoms with Crippen molar-refractivity contribution in [1.82, 2.24) is 4.98 Å². The van der Waals surface area contributed by atoms with Gasteiger partial charge < -0.3 is 15.8 Å². The molecule has 0 radical (unpaired) electrons. The second-order valence-corrected chi connectivity index (χ2v) is 3.83. The van der Waals surface area contributed by atoms with E-state index in [-0.39, 0.29) is 11.0 Å². The maximum Gasteiger partial charge on any atom is 0.328 e. The van der Waals surface area contributed by atoms with Crippen LogP contribution in [0, 0.1) is 0 Å². The van der Waals surface area contributed by atoms with Gasteiger partial charge in [0, 0.05) is 0 Å². The van der Waals surface area contributed by atoms with E-state index in [1.807, 2.05) is 0 Å². The summed E-state index contributed by atoms with van der Waals surface area (Å²) in [5.74, 6) is 0.214. The van der Waals surface area contributed by atoms with Crippen LogP contribution in [0.25, 0.3) is 0 Å². The molecule has 0 aliphatic heterocycles. The number of nitrogens with one attached hydrogen (secondary N) is 1. The van der Waals surface area contributed by atoms with E-state index in [0.29, 0.717) is 18.1 Å². The monoisotopic (exact) mass is 253 g/mol. The van der Waals surface area contributed by atoms with Crippen LogP contribution >= 0.6 is 12.2 Å². The van der Waals surface area contributed by atoms with Gasteiger partial charge in [0.25, 0.3) is 0 Å². The summed E-state index contributed by atoms with van der Waals surface area (Å²) in [6.07, 6.45) is 0. The highest BCUT2D eigenvalue weighted by atomic mass is 32.1. The van der Waals surface area contributed by atoms with E-state index in [1.54, 1.807) is 32.0 Å². The van der Waals surface area contributed by atoms with Crippen molar-refractivity contribution < 1.29 is 9.53 Å². The zero-order valence-electron chi connectivity index (χ0n) is 9.77. The molecule has 5 nitrogen and oxygen atoms in total. The molecule has 0 aliphatic rings. The molecule has 92 valence electrons. The van der Waals surface area contributed by atoms with Crippen LogP contribution in [0.5, 0.6) is 0 Å². The minimum atomic E-state index is -0.468. The summed E-state index contributed by atoms with van der Waals surface area (Å²) < 4.78 is 4.87. The van der Waals surface area contributed by atoms with Gasteiger partial charge in [0.2, 0.25) is 0 Å². The maximum atomic E-state index is 11.4. The predicted molar refractivity (Wildman–Crippen MR) is 69.8 cm³/mol. The quantitative estimate of drug-likeness (QED) is 0.604. The number of pyridine rings is 1. The highest BCUT2D eigenvalue weighted by Gasteiger charge is 2.14. The molecule has 0 aliphatic carbocycles. The summed E-state index contributed by atoms with van der Waals surface area (Å²) in [6.45, 7) is 3.81. The molecule has 1 atom stereocenters. The standard InChI is InChI=1S/C11H15N3O2S/c1-3-16-11(15)7(2)13-9-6-4-5-8(14-9)10(12)17/h4-7H,3H2,1-2H3,(H2,12,17)(H,13,14). The van der Waals surface area contributed by atoms with Crippen LogP contribution in [0.15, 0.2) is 18.2 Å². The number of thiocarbonyl (C=S) groups is 1. The average Bonchev–Trinajstić information content (AvgIpc) is 2.29. The highest BCUT2D eigenvalue weighted by molar-refractivity contribution is 7.80. The lowest BCUT2D eigenvalue weighted by Gasteiger charge is -2.13. The lowest BCUT2D eigenvalue weighted by Crippen LogP contribution is -2.28. The van der Waals surface area contributed by atoms with Crippen LogP contribution in [0.3, 0.4) is 0 Å². The Bertz CT molecular complexity index is 423. The first kappa shape index (κ1) is 13.4. The first-order valence-electron chi connectivity index (χ1n) is 5.24. The van der Waals surface area contributed by atoms with Gasteiger partial charge >= 0.3 is 5.97 Å². The summed E-state index contributed by atoms with van der Waals surface area (Å²) >= 11 is 4.82. The van der Waals surface area contributed by atoms with Crippen molar-refractivity contribution >= 4 is 29.0 Å². The molecule has 0 saturated carbocycles. The summed E-state index contributed by atoms with van der Waals surface area (Å²) in [6, 6.07) is 4.74. The Labute approximate surface area is 105 Å². The van der Waals surface area contributed by atoms with Gasteiger partial charge in [0.1, 0.15) is 16.8 Å². The van der Waals surface area contributed by atoms with Crippen molar-refractivity contribution in [2.24, 2.45) is 5.73 Å². The number of aromatic nitrogens is 1. The summed E-state index contributed by atoms with van der Waals surface area (Å²) in [4.78, 5) is 15.8. The molecule has 1 unspecified atom stereocenters. The Morgan fingerprint density at radius 1 is 1.65 bits per heavy atom. The van der Waals surface area contributed by atoms with Crippen LogP contribution in [0.1, 0.15) is 19.5 Å². The molecular weight excluding hydrogens is 238 g/mol. The van der Waals surface area contributed by atoms with Crippen molar-refractivity contribution in [2.75, 3.05) is 11.9 Å². The molecule has 0 spiro atoms. The van der Waals surface area contributed by atoms with E-state index in [1.165, 1.54) is 0 Å². The lowest BCUT2D eigenvalue weighted by atomic mass is 10.3. The van der Waals surface area contributed by atoms with Gasteiger partial charge in [-0.15, -0.1) is 0 Å². The van der Waals surface area contributed by atoms with Gasteiger partial charge in [-0.1, -0.05) is 18.3 Å². The Balaban J connectivity index is 2.71. The second kappa shape index (κ2) is 6.15. The predicted octanol–water partition coefficient (Wildman–Crippen LogP) is 1.08. The molecule has 0 saturated heterocycles. The third-order valence-corrected chi connectivity index (χ3v) is 2.22. The molecule has 6 heteroatoms. The Morgan fingerprint density at radius 2 is 2.35 bits per heavy atom. The Hall–Kier alpha value is -1.69. The van der Waals surface area contributed by atoms with Gasteiger partial charge in [0.15, 0.2) is 0 Å². The first-order valence-corrected chi connectivity index (χ1v) is 5.65. The molecule has 1 aromatic rings. The summed E-state index contributed by atoms with van der Waals surface area (Å²) in [7, 11) is 0. The number of hydrogen-bond donors (Lipinski definition) is 2. The van der Waals surface area contributed by atoms with Gasteiger partial charge in [-0.25, -0.2) is 9.78 Å². The molecule has 0 bridgehead atoms. The summed E-state index contributed by atoms with van der Waals surface area (Å²) in [5, 5.41) is 2.92. The number of hydrogen-bond acceptors (Lipinski definition) is 5. The zero-order chi connectivity index (χ0) is 12.8. The van der Waals surface area contributed by atoms with Gasteiger partial charge in [-0.05, 0) is 26.0 Å². The van der Waals surface area contributed by atoms with Crippen molar-refractivity contribution in [2.45, 2.75) is 19.9 Å². The number of carbonyl (C=O) groups excluding carboxylic acids is 1. The van der Waals surface area contributed by atoms with E-state index < -0.39 is 6.04 Å². The minimum absolute atomic E-state index is 0.220. The van der Waals surface area contributed by atoms with Crippen molar-refractivity contribution in [3.63, 3.8) is 0 Å². The third-order valence-electron chi connectivity index (χ3n) is 2.01. The van der Waals surface area contributed by atoms with Crippen molar-refractivity contribution in [1.29, 1.82) is 0 Å². The Kier molecular flexibility index (Phi) is 4.84. The molecule has 0 amide bonds. The number of carbonyl (C=O) groups is 1. The van der Waals surface area contributed by atoms with Crippen LogP contribution in [0.2, 0.25) is 0 Å². The topological polar surface area (TPSA) is 77.2 Å². The summed E-state index contributed by atoms with van der Waals surface area (Å²) in [5.41, 5.74) is 5.99. The lowest BCUT2D eigenvalue weighted by molar-refractivity contribution is -0.143. The fourth-order valence-corrected chi connectivity index (χ4v) is 1.31. The number of esters is 1. The van der Waals surface area contributed by atoms with Crippen LogP contribution in [-0.2, 0) is 9.53 Å². The van der Waals surface area contributed by atoms with Gasteiger partial charge in [-0.2, -0.15) is 0 Å². The van der Waals surface area contributed by atoms with Gasteiger partial charge in [-0.3, -0.25) is 0 Å². The number of ether oxygens (including phenoxy) is 1. The van der Waals surface area contributed by atoms with Crippen LogP contribution in [-0.4, -0.2) is 28.6 Å². The number of nitrogens with two attached hydrogens (primary N) is 1. The number of anilines is 1. The molecule has 1 aromatic heterocycles. The van der Waals surface area contributed by atoms with E-state index in [4.69, 9.17) is 22.7 Å². The smallest absolute Gasteiger partial charge is 0.328 e. The number of nitrogens with zero attached hydrogens (tertiary/aromatic N) is 1. The molecular formula is C11H15N3O2S. The molecule has 1 rings (SSSR count). The average molecular weight is 253 g/mol. The fraction of sp³-hybridized carbons (Fsp3) is 0.364. The fourth-order valence-electron chi connectivity index (χ4n) is 1.20. The normalized spacial score (nSPS) is 11.6. The molecule has 0 aromatic carbocycles. The molecule has 0 fully saturated rings. The van der Waals surface area contributed by atoms with Crippen LogP contribution < -0.4 is 11.1 Å². The van der Waals surface area contributed by atoms with Crippen molar-refractivity contribution in [3.8, 4) is 0 Å². The van der Waals surface area contributed by atoms with E-state index in [2.05, 4.69) is 10.3 Å². The van der Waals surface area contributed by atoms with E-state index in [0.717, 1.165) is 0 Å². The maximum absolute atomic E-state index is 11.4.